The Bertz CT molecular complexity index is 1140. The summed E-state index contributed by atoms with van der Waals surface area (Å²) in [6, 6.07) is 17.2. The standard InChI is InChI=1S/C28H31N3.C3H8/c1-4-23(5-2)25-9-10-26-19-30-28(18-27(26)17-25)31-20(3)24-8-6-7-22(16-24)15-21-11-13-29-14-12-21;1-3-2/h4-10,16-19,21,29H,1,3,11-15H2,2H3,(H,30,31);3H2,1-2H3/b23-5+;. The minimum atomic E-state index is 0.770. The molecule has 0 aliphatic carbocycles. The van der Waals surface area contributed by atoms with E-state index in [0.29, 0.717) is 0 Å². The van der Waals surface area contributed by atoms with E-state index < -0.39 is 0 Å². The molecule has 1 saturated heterocycles. The molecule has 34 heavy (non-hydrogen) atoms. The lowest BCUT2D eigenvalue weighted by Crippen LogP contribution is -2.28. The Morgan fingerprint density at radius 3 is 2.53 bits per heavy atom. The van der Waals surface area contributed by atoms with Crippen molar-refractivity contribution in [1.82, 2.24) is 10.3 Å². The molecule has 1 aliphatic heterocycles. The quantitative estimate of drug-likeness (QED) is 0.357. The van der Waals surface area contributed by atoms with Gasteiger partial charge in [0.15, 0.2) is 0 Å². The molecule has 3 aromatic rings. The minimum Gasteiger partial charge on any atom is -0.340 e. The molecule has 4 rings (SSSR count). The normalized spacial score (nSPS) is 14.3. The molecule has 1 aromatic heterocycles. The van der Waals surface area contributed by atoms with Crippen LogP contribution in [-0.2, 0) is 6.42 Å². The largest absolute Gasteiger partial charge is 0.340 e. The zero-order valence-electron chi connectivity index (χ0n) is 21.0. The van der Waals surface area contributed by atoms with Crippen LogP contribution in [0.4, 0.5) is 5.82 Å². The molecule has 0 unspecified atom stereocenters. The van der Waals surface area contributed by atoms with Crippen molar-refractivity contribution in [2.24, 2.45) is 5.92 Å². The first-order valence-corrected chi connectivity index (χ1v) is 12.5. The number of aromatic nitrogens is 1. The fourth-order valence-electron chi connectivity index (χ4n) is 4.32. The molecule has 0 spiro atoms. The van der Waals surface area contributed by atoms with E-state index >= 15 is 0 Å². The molecule has 178 valence electrons. The number of hydrogen-bond donors (Lipinski definition) is 2. The summed E-state index contributed by atoms with van der Waals surface area (Å²) in [6.07, 6.45) is 10.8. The van der Waals surface area contributed by atoms with Gasteiger partial charge in [0, 0.05) is 17.3 Å². The van der Waals surface area contributed by atoms with Gasteiger partial charge in [0.05, 0.1) is 0 Å². The van der Waals surface area contributed by atoms with Gasteiger partial charge in [0.2, 0.25) is 0 Å². The van der Waals surface area contributed by atoms with Gasteiger partial charge in [-0.1, -0.05) is 75.9 Å². The molecule has 0 amide bonds. The van der Waals surface area contributed by atoms with Gasteiger partial charge < -0.3 is 10.6 Å². The first-order valence-electron chi connectivity index (χ1n) is 12.5. The maximum absolute atomic E-state index is 4.59. The summed E-state index contributed by atoms with van der Waals surface area (Å²) in [4.78, 5) is 4.59. The second-order valence-electron chi connectivity index (χ2n) is 8.99. The van der Waals surface area contributed by atoms with Crippen molar-refractivity contribution < 1.29 is 0 Å². The lowest BCUT2D eigenvalue weighted by molar-refractivity contribution is 0.372. The molecule has 3 nitrogen and oxygen atoms in total. The number of fused-ring (bicyclic) bond motifs is 1. The molecule has 0 atom stereocenters. The highest BCUT2D eigenvalue weighted by atomic mass is 15.0. The molecule has 2 N–H and O–H groups in total. The van der Waals surface area contributed by atoms with Gasteiger partial charge in [-0.15, -0.1) is 0 Å². The van der Waals surface area contributed by atoms with Gasteiger partial charge in [0.1, 0.15) is 5.82 Å². The van der Waals surface area contributed by atoms with Gasteiger partial charge in [-0.3, -0.25) is 0 Å². The molecule has 1 fully saturated rings. The van der Waals surface area contributed by atoms with Crippen molar-refractivity contribution in [1.29, 1.82) is 0 Å². The lowest BCUT2D eigenvalue weighted by Gasteiger charge is -2.22. The zero-order valence-corrected chi connectivity index (χ0v) is 21.0. The zero-order chi connectivity index (χ0) is 24.3. The van der Waals surface area contributed by atoms with Crippen molar-refractivity contribution in [2.45, 2.75) is 46.5 Å². The number of anilines is 1. The summed E-state index contributed by atoms with van der Waals surface area (Å²) in [5.41, 5.74) is 5.65. The maximum atomic E-state index is 4.59. The van der Waals surface area contributed by atoms with Crippen molar-refractivity contribution in [3.05, 3.63) is 96.7 Å². The number of hydrogen-bond acceptors (Lipinski definition) is 3. The van der Waals surface area contributed by atoms with Crippen LogP contribution in [0.1, 0.15) is 56.7 Å². The Labute approximate surface area is 205 Å². The molecule has 1 aliphatic rings. The fourth-order valence-corrected chi connectivity index (χ4v) is 4.32. The summed E-state index contributed by atoms with van der Waals surface area (Å²) in [6.45, 7) is 16.7. The van der Waals surface area contributed by atoms with E-state index in [9.17, 15) is 0 Å². The molecular formula is C31H39N3. The van der Waals surface area contributed by atoms with E-state index in [1.807, 2.05) is 19.2 Å². The van der Waals surface area contributed by atoms with Gasteiger partial charge in [-0.25, -0.2) is 4.98 Å². The second-order valence-corrected chi connectivity index (χ2v) is 8.99. The van der Waals surface area contributed by atoms with E-state index in [1.165, 1.54) is 24.8 Å². The van der Waals surface area contributed by atoms with Gasteiger partial charge in [-0.05, 0) is 91.0 Å². The van der Waals surface area contributed by atoms with Crippen LogP contribution in [0.3, 0.4) is 0 Å². The van der Waals surface area contributed by atoms with Crippen LogP contribution in [0.15, 0.2) is 80.0 Å². The molecule has 2 aromatic carbocycles. The van der Waals surface area contributed by atoms with Crippen molar-refractivity contribution in [3.8, 4) is 0 Å². The van der Waals surface area contributed by atoms with Crippen LogP contribution < -0.4 is 10.6 Å². The van der Waals surface area contributed by atoms with Crippen LogP contribution in [-0.4, -0.2) is 18.1 Å². The monoisotopic (exact) mass is 453 g/mol. The number of benzene rings is 2. The Morgan fingerprint density at radius 2 is 1.82 bits per heavy atom. The van der Waals surface area contributed by atoms with E-state index in [-0.39, 0.29) is 0 Å². The SMILES string of the molecule is C=C/C(=C\C)c1ccc2cnc(NC(=C)c3cccc(CC4CCNCC4)c3)cc2c1.CCC. The first-order chi connectivity index (χ1) is 16.6. The maximum Gasteiger partial charge on any atom is 0.130 e. The Morgan fingerprint density at radius 1 is 1.06 bits per heavy atom. The first kappa shape index (κ1) is 25.5. The van der Waals surface area contributed by atoms with Gasteiger partial charge in [-0.2, -0.15) is 0 Å². The summed E-state index contributed by atoms with van der Waals surface area (Å²) in [7, 11) is 0. The molecular weight excluding hydrogens is 414 g/mol. The van der Waals surface area contributed by atoms with E-state index in [4.69, 9.17) is 0 Å². The highest BCUT2D eigenvalue weighted by Gasteiger charge is 2.14. The topological polar surface area (TPSA) is 37.0 Å². The van der Waals surface area contributed by atoms with E-state index in [2.05, 4.69) is 97.2 Å². The van der Waals surface area contributed by atoms with E-state index in [0.717, 1.165) is 64.4 Å². The number of nitrogens with zero attached hydrogens (tertiary/aromatic N) is 1. The molecule has 0 saturated carbocycles. The average Bonchev–Trinajstić information content (AvgIpc) is 2.86. The van der Waals surface area contributed by atoms with Crippen molar-refractivity contribution >= 4 is 27.9 Å². The summed E-state index contributed by atoms with van der Waals surface area (Å²) < 4.78 is 0. The smallest absolute Gasteiger partial charge is 0.130 e. The molecule has 3 heteroatoms. The van der Waals surface area contributed by atoms with Crippen LogP contribution >= 0.6 is 0 Å². The average molecular weight is 454 g/mol. The third-order valence-corrected chi connectivity index (χ3v) is 6.12. The molecule has 0 radical (unpaired) electrons. The summed E-state index contributed by atoms with van der Waals surface area (Å²) in [5.74, 6) is 1.57. The van der Waals surface area contributed by atoms with Gasteiger partial charge >= 0.3 is 0 Å². The van der Waals surface area contributed by atoms with Crippen LogP contribution in [0.25, 0.3) is 22.0 Å². The van der Waals surface area contributed by atoms with Crippen LogP contribution in [0.5, 0.6) is 0 Å². The van der Waals surface area contributed by atoms with Gasteiger partial charge in [0.25, 0.3) is 0 Å². The molecule has 0 bridgehead atoms. The highest BCUT2D eigenvalue weighted by molar-refractivity contribution is 5.89. The Balaban J connectivity index is 0.00000103. The minimum absolute atomic E-state index is 0.770. The fraction of sp³-hybridized carbons (Fsp3) is 0.323. The summed E-state index contributed by atoms with van der Waals surface area (Å²) >= 11 is 0. The third-order valence-electron chi connectivity index (χ3n) is 6.12. The van der Waals surface area contributed by atoms with Crippen molar-refractivity contribution in [3.63, 3.8) is 0 Å². The number of piperidine rings is 1. The van der Waals surface area contributed by atoms with Crippen molar-refractivity contribution in [2.75, 3.05) is 18.4 Å². The number of allylic oxidation sites excluding steroid dienone is 3. The van der Waals surface area contributed by atoms with E-state index in [1.54, 1.807) is 0 Å². The predicted molar refractivity (Wildman–Crippen MR) is 150 cm³/mol. The predicted octanol–water partition coefficient (Wildman–Crippen LogP) is 7.87. The molecule has 2 heterocycles. The highest BCUT2D eigenvalue weighted by Crippen LogP contribution is 2.25. The Hall–Kier alpha value is -3.17. The van der Waals surface area contributed by atoms with Crippen LogP contribution in [0, 0.1) is 5.92 Å². The second kappa shape index (κ2) is 12.9. The number of nitrogens with one attached hydrogen (secondary N) is 2. The third kappa shape index (κ3) is 6.91. The van der Waals surface area contributed by atoms with Crippen LogP contribution in [0.2, 0.25) is 0 Å². The number of rotatable bonds is 7. The number of pyridine rings is 1. The Kier molecular flexibility index (Phi) is 9.66. The summed E-state index contributed by atoms with van der Waals surface area (Å²) in [5, 5.41) is 9.11. The lowest BCUT2D eigenvalue weighted by atomic mass is 9.90.